The number of nitrogens with zero attached hydrogens (tertiary/aromatic N) is 2. The summed E-state index contributed by atoms with van der Waals surface area (Å²) in [6.45, 7) is 2.89. The predicted octanol–water partition coefficient (Wildman–Crippen LogP) is 5.45. The first kappa shape index (κ1) is 18.9. The molecule has 0 spiro atoms. The Morgan fingerprint density at radius 3 is 2.54 bits per heavy atom. The first-order valence-electron chi connectivity index (χ1n) is 10.5. The van der Waals surface area contributed by atoms with E-state index in [1.54, 1.807) is 5.01 Å². The summed E-state index contributed by atoms with van der Waals surface area (Å²) in [4.78, 5) is 12.8. The van der Waals surface area contributed by atoms with Crippen molar-refractivity contribution in [2.24, 2.45) is 5.10 Å². The van der Waals surface area contributed by atoms with Crippen LogP contribution in [0.25, 0.3) is 0 Å². The predicted molar refractivity (Wildman–Crippen MR) is 107 cm³/mol. The third-order valence-electron chi connectivity index (χ3n) is 5.66. The molecule has 1 atom stereocenters. The summed E-state index contributed by atoms with van der Waals surface area (Å²) in [5.41, 5.74) is 2.44. The molecule has 1 unspecified atom stereocenters. The number of urea groups is 1. The second kappa shape index (κ2) is 9.75. The Labute approximate surface area is 158 Å². The molecule has 26 heavy (non-hydrogen) atoms. The third-order valence-corrected chi connectivity index (χ3v) is 5.66. The van der Waals surface area contributed by atoms with Crippen LogP contribution < -0.4 is 5.32 Å². The largest absolute Gasteiger partial charge is 0.338 e. The molecule has 1 saturated carbocycles. The zero-order valence-corrected chi connectivity index (χ0v) is 16.1. The summed E-state index contributed by atoms with van der Waals surface area (Å²) in [6, 6.07) is 10.8. The van der Waals surface area contributed by atoms with E-state index in [9.17, 15) is 4.79 Å². The minimum atomic E-state index is -0.0108. The second-order valence-electron chi connectivity index (χ2n) is 7.73. The number of carbonyl (C=O) groups is 1. The molecule has 1 N–H and O–H groups in total. The Morgan fingerprint density at radius 1 is 1.12 bits per heavy atom. The number of hydrogen-bond acceptors (Lipinski definition) is 2. The summed E-state index contributed by atoms with van der Waals surface area (Å²) in [7, 11) is 0. The average molecular weight is 356 g/mol. The van der Waals surface area contributed by atoms with E-state index in [0.717, 1.165) is 25.7 Å². The van der Waals surface area contributed by atoms with Gasteiger partial charge >= 0.3 is 6.03 Å². The van der Waals surface area contributed by atoms with Crippen LogP contribution in [-0.2, 0) is 0 Å². The molecule has 0 aromatic heterocycles. The summed E-state index contributed by atoms with van der Waals surface area (Å²) < 4.78 is 0. The van der Waals surface area contributed by atoms with Gasteiger partial charge in [-0.15, -0.1) is 0 Å². The highest BCUT2D eigenvalue weighted by Gasteiger charge is 2.31. The lowest BCUT2D eigenvalue weighted by molar-refractivity contribution is 0.198. The fourth-order valence-corrected chi connectivity index (χ4v) is 4.11. The standard InChI is InChI=1S/C22H33N3O/c1-2-3-7-16-21-20(18-12-8-6-9-13-18)17-25(24-21)22(26)23-19-14-10-4-5-11-15-19/h6,8-9,12-13,19-20H,2-5,7,10-11,14-17H2,1H3,(H,23,26). The van der Waals surface area contributed by atoms with Crippen molar-refractivity contribution in [1.82, 2.24) is 10.3 Å². The molecule has 0 saturated heterocycles. The molecule has 1 aromatic carbocycles. The van der Waals surface area contributed by atoms with Crippen LogP contribution in [0.3, 0.4) is 0 Å². The van der Waals surface area contributed by atoms with Gasteiger partial charge in [0.15, 0.2) is 0 Å². The molecule has 0 radical (unpaired) electrons. The summed E-state index contributed by atoms with van der Waals surface area (Å²) in [5.74, 6) is 0.243. The molecule has 3 rings (SSSR count). The molecule has 142 valence electrons. The van der Waals surface area contributed by atoms with Crippen molar-refractivity contribution in [2.45, 2.75) is 83.1 Å². The molecular weight excluding hydrogens is 322 g/mol. The number of benzene rings is 1. The highest BCUT2D eigenvalue weighted by molar-refractivity contribution is 5.94. The smallest absolute Gasteiger partial charge is 0.334 e. The van der Waals surface area contributed by atoms with Crippen molar-refractivity contribution >= 4 is 11.7 Å². The van der Waals surface area contributed by atoms with Gasteiger partial charge in [0.05, 0.1) is 6.54 Å². The molecule has 1 fully saturated rings. The highest BCUT2D eigenvalue weighted by Crippen LogP contribution is 2.28. The van der Waals surface area contributed by atoms with Crippen molar-refractivity contribution in [3.05, 3.63) is 35.9 Å². The summed E-state index contributed by atoms with van der Waals surface area (Å²) >= 11 is 0. The molecule has 1 heterocycles. The molecule has 2 aliphatic rings. The minimum Gasteiger partial charge on any atom is -0.334 e. The van der Waals surface area contributed by atoms with Crippen LogP contribution in [0.15, 0.2) is 35.4 Å². The Kier molecular flexibility index (Phi) is 7.10. The van der Waals surface area contributed by atoms with Gasteiger partial charge in [0, 0.05) is 17.7 Å². The van der Waals surface area contributed by atoms with E-state index in [2.05, 4.69) is 36.5 Å². The molecule has 4 nitrogen and oxygen atoms in total. The summed E-state index contributed by atoms with van der Waals surface area (Å²) in [5, 5.41) is 9.67. The SMILES string of the molecule is CCCCCC1=NN(C(=O)NC2CCCCCC2)CC1c1ccccc1. The van der Waals surface area contributed by atoms with Crippen molar-refractivity contribution in [3.63, 3.8) is 0 Å². The van der Waals surface area contributed by atoms with Gasteiger partial charge in [-0.1, -0.05) is 75.8 Å². The average Bonchev–Trinajstić information content (AvgIpc) is 2.93. The fourth-order valence-electron chi connectivity index (χ4n) is 4.11. The number of nitrogens with one attached hydrogen (secondary N) is 1. The number of amides is 2. The second-order valence-corrected chi connectivity index (χ2v) is 7.73. The number of carbonyl (C=O) groups excluding carboxylic acids is 1. The van der Waals surface area contributed by atoms with Crippen LogP contribution in [-0.4, -0.2) is 29.3 Å². The number of hydrogen-bond donors (Lipinski definition) is 1. The quantitative estimate of drug-likeness (QED) is 0.535. The van der Waals surface area contributed by atoms with E-state index in [1.807, 2.05) is 6.07 Å². The topological polar surface area (TPSA) is 44.7 Å². The maximum Gasteiger partial charge on any atom is 0.338 e. The first-order valence-corrected chi connectivity index (χ1v) is 10.5. The van der Waals surface area contributed by atoms with Crippen molar-refractivity contribution in [3.8, 4) is 0 Å². The number of hydrazone groups is 1. The van der Waals surface area contributed by atoms with Crippen molar-refractivity contribution < 1.29 is 4.79 Å². The molecule has 0 bridgehead atoms. The van der Waals surface area contributed by atoms with Gasteiger partial charge in [-0.2, -0.15) is 5.10 Å². The maximum atomic E-state index is 12.8. The highest BCUT2D eigenvalue weighted by atomic mass is 16.2. The molecule has 1 aliphatic carbocycles. The Balaban J connectivity index is 1.65. The summed E-state index contributed by atoms with van der Waals surface area (Å²) in [6.07, 6.45) is 11.8. The van der Waals surface area contributed by atoms with Crippen molar-refractivity contribution in [1.29, 1.82) is 0 Å². The lowest BCUT2D eigenvalue weighted by Gasteiger charge is -2.20. The van der Waals surface area contributed by atoms with Gasteiger partial charge < -0.3 is 5.32 Å². The van der Waals surface area contributed by atoms with Gasteiger partial charge in [0.2, 0.25) is 0 Å². The minimum absolute atomic E-state index is 0.0108. The molecule has 1 aliphatic heterocycles. The lowest BCUT2D eigenvalue weighted by atomic mass is 9.92. The van der Waals surface area contributed by atoms with Gasteiger partial charge in [0.25, 0.3) is 0 Å². The monoisotopic (exact) mass is 355 g/mol. The van der Waals surface area contributed by atoms with E-state index in [-0.39, 0.29) is 11.9 Å². The Morgan fingerprint density at radius 2 is 1.85 bits per heavy atom. The van der Waals surface area contributed by atoms with Crippen molar-refractivity contribution in [2.75, 3.05) is 6.54 Å². The maximum absolute atomic E-state index is 12.8. The Hall–Kier alpha value is -1.84. The van der Waals surface area contributed by atoms with Crippen LogP contribution in [0.2, 0.25) is 0 Å². The van der Waals surface area contributed by atoms with Gasteiger partial charge in [0.1, 0.15) is 0 Å². The normalized spacial score (nSPS) is 21.3. The zero-order chi connectivity index (χ0) is 18.2. The van der Waals surface area contributed by atoms with Gasteiger partial charge in [-0.3, -0.25) is 0 Å². The molecule has 1 aromatic rings. The third kappa shape index (κ3) is 5.09. The van der Waals surface area contributed by atoms with Crippen LogP contribution in [0.1, 0.15) is 82.6 Å². The van der Waals surface area contributed by atoms with Crippen LogP contribution >= 0.6 is 0 Å². The van der Waals surface area contributed by atoms with E-state index in [4.69, 9.17) is 5.10 Å². The van der Waals surface area contributed by atoms with E-state index in [0.29, 0.717) is 12.6 Å². The number of unbranched alkanes of at least 4 members (excludes halogenated alkanes) is 2. The van der Waals surface area contributed by atoms with E-state index < -0.39 is 0 Å². The molecule has 4 heteroatoms. The number of rotatable bonds is 6. The van der Waals surface area contributed by atoms with Gasteiger partial charge in [-0.25, -0.2) is 9.80 Å². The van der Waals surface area contributed by atoms with Crippen LogP contribution in [0, 0.1) is 0 Å². The first-order chi connectivity index (χ1) is 12.8. The zero-order valence-electron chi connectivity index (χ0n) is 16.1. The van der Waals surface area contributed by atoms with Gasteiger partial charge in [-0.05, 0) is 31.2 Å². The van der Waals surface area contributed by atoms with E-state index in [1.165, 1.54) is 49.8 Å². The van der Waals surface area contributed by atoms with E-state index >= 15 is 0 Å². The molecular formula is C22H33N3O. The van der Waals surface area contributed by atoms with Crippen LogP contribution in [0.5, 0.6) is 0 Å². The molecule has 2 amide bonds. The Bertz CT molecular complexity index is 591. The van der Waals surface area contributed by atoms with Crippen LogP contribution in [0.4, 0.5) is 4.79 Å². The lowest BCUT2D eigenvalue weighted by Crippen LogP contribution is -2.42. The fraction of sp³-hybridized carbons (Fsp3) is 0.636.